The maximum absolute atomic E-state index is 14.1. The Kier molecular flexibility index (Phi) is 4.82. The maximum atomic E-state index is 14.1. The molecule has 3 aromatic carbocycles. The second-order valence-electron chi connectivity index (χ2n) is 7.31. The van der Waals surface area contributed by atoms with Crippen LogP contribution in [0, 0.1) is 11.6 Å². The number of hydrogen-bond acceptors (Lipinski definition) is 4. The third kappa shape index (κ3) is 3.51. The van der Waals surface area contributed by atoms with Crippen LogP contribution in [0.5, 0.6) is 11.5 Å². The molecular formula is C24H18F2N2O2S. The van der Waals surface area contributed by atoms with E-state index in [0.29, 0.717) is 34.3 Å². The Morgan fingerprint density at radius 1 is 1.03 bits per heavy atom. The van der Waals surface area contributed by atoms with E-state index in [1.807, 2.05) is 35.2 Å². The van der Waals surface area contributed by atoms with Crippen LogP contribution in [0.3, 0.4) is 0 Å². The van der Waals surface area contributed by atoms with Crippen molar-refractivity contribution in [2.24, 2.45) is 0 Å². The second-order valence-corrected chi connectivity index (χ2v) is 7.72. The number of hydrogen-bond donors (Lipinski definition) is 1. The van der Waals surface area contributed by atoms with E-state index in [9.17, 15) is 8.78 Å². The van der Waals surface area contributed by atoms with Gasteiger partial charge in [-0.15, -0.1) is 0 Å². The average molecular weight is 436 g/mol. The second kappa shape index (κ2) is 7.67. The van der Waals surface area contributed by atoms with Gasteiger partial charge in [-0.3, -0.25) is 4.90 Å². The zero-order valence-corrected chi connectivity index (χ0v) is 17.4. The van der Waals surface area contributed by atoms with E-state index in [1.54, 1.807) is 19.2 Å². The van der Waals surface area contributed by atoms with Gasteiger partial charge in [0.1, 0.15) is 34.3 Å². The third-order valence-electron chi connectivity index (χ3n) is 5.39. The SMILES string of the molecule is COc1ccc([C@H]2NC(=S)C3=C(Oc4ccc(F)cc4C3)N2c2cccc(F)c2)cc1. The van der Waals surface area contributed by atoms with Gasteiger partial charge in [-0.1, -0.05) is 30.4 Å². The van der Waals surface area contributed by atoms with Crippen molar-refractivity contribution >= 4 is 22.9 Å². The van der Waals surface area contributed by atoms with Gasteiger partial charge < -0.3 is 14.8 Å². The van der Waals surface area contributed by atoms with Crippen molar-refractivity contribution in [2.45, 2.75) is 12.6 Å². The fraction of sp³-hybridized carbons (Fsp3) is 0.125. The van der Waals surface area contributed by atoms with Gasteiger partial charge in [0, 0.05) is 17.7 Å². The van der Waals surface area contributed by atoms with Crippen LogP contribution in [0.25, 0.3) is 0 Å². The van der Waals surface area contributed by atoms with Crippen LogP contribution in [0.15, 0.2) is 78.2 Å². The predicted molar refractivity (Wildman–Crippen MR) is 118 cm³/mol. The molecule has 4 nitrogen and oxygen atoms in total. The monoisotopic (exact) mass is 436 g/mol. The number of fused-ring (bicyclic) bond motifs is 1. The minimum atomic E-state index is -0.430. The number of ether oxygens (including phenoxy) is 2. The van der Waals surface area contributed by atoms with E-state index < -0.39 is 6.17 Å². The minimum Gasteiger partial charge on any atom is -0.497 e. The first-order chi connectivity index (χ1) is 15.0. The minimum absolute atomic E-state index is 0.334. The van der Waals surface area contributed by atoms with Crippen molar-refractivity contribution in [2.75, 3.05) is 12.0 Å². The lowest BCUT2D eigenvalue weighted by Crippen LogP contribution is -2.49. The van der Waals surface area contributed by atoms with E-state index >= 15 is 0 Å². The Labute approximate surface area is 183 Å². The number of anilines is 1. The molecule has 0 aliphatic carbocycles. The summed E-state index contributed by atoms with van der Waals surface area (Å²) in [6, 6.07) is 18.3. The highest BCUT2D eigenvalue weighted by molar-refractivity contribution is 7.80. The largest absolute Gasteiger partial charge is 0.497 e. The summed E-state index contributed by atoms with van der Waals surface area (Å²) < 4.78 is 39.4. The molecule has 0 bridgehead atoms. The van der Waals surface area contributed by atoms with Gasteiger partial charge in [0.2, 0.25) is 5.88 Å². The molecule has 0 amide bonds. The zero-order chi connectivity index (χ0) is 21.5. The molecule has 0 spiro atoms. The summed E-state index contributed by atoms with van der Waals surface area (Å²) in [7, 11) is 1.61. The molecule has 2 heterocycles. The maximum Gasteiger partial charge on any atom is 0.208 e. The molecule has 1 N–H and O–H groups in total. The lowest BCUT2D eigenvalue weighted by Gasteiger charge is -2.42. The topological polar surface area (TPSA) is 33.7 Å². The summed E-state index contributed by atoms with van der Waals surface area (Å²) in [5, 5.41) is 3.35. The van der Waals surface area contributed by atoms with Crippen molar-refractivity contribution in [3.05, 3.63) is 101 Å². The predicted octanol–water partition coefficient (Wildman–Crippen LogP) is 5.26. The quantitative estimate of drug-likeness (QED) is 0.567. The van der Waals surface area contributed by atoms with Gasteiger partial charge in [0.25, 0.3) is 0 Å². The molecule has 0 saturated carbocycles. The normalized spacial score (nSPS) is 17.5. The molecule has 0 unspecified atom stereocenters. The lowest BCUT2D eigenvalue weighted by molar-refractivity contribution is 0.358. The average Bonchev–Trinajstić information content (AvgIpc) is 2.78. The molecule has 7 heteroatoms. The fourth-order valence-electron chi connectivity index (χ4n) is 3.89. The smallest absolute Gasteiger partial charge is 0.208 e. The molecule has 0 saturated heterocycles. The van der Waals surface area contributed by atoms with E-state index in [2.05, 4.69) is 5.32 Å². The molecule has 0 fully saturated rings. The van der Waals surface area contributed by atoms with Crippen LogP contribution >= 0.6 is 12.2 Å². The summed E-state index contributed by atoms with van der Waals surface area (Å²) in [5.41, 5.74) is 2.94. The molecule has 0 aromatic heterocycles. The fourth-order valence-corrected chi connectivity index (χ4v) is 4.16. The zero-order valence-electron chi connectivity index (χ0n) is 16.6. The molecule has 3 aromatic rings. The first-order valence-corrected chi connectivity index (χ1v) is 10.1. The Morgan fingerprint density at radius 2 is 1.81 bits per heavy atom. The number of nitrogens with one attached hydrogen (secondary N) is 1. The van der Waals surface area contributed by atoms with Crippen LogP contribution in [0.1, 0.15) is 17.3 Å². The highest BCUT2D eigenvalue weighted by Gasteiger charge is 2.37. The van der Waals surface area contributed by atoms with Crippen molar-refractivity contribution in [3.63, 3.8) is 0 Å². The Morgan fingerprint density at radius 3 is 2.55 bits per heavy atom. The summed E-state index contributed by atoms with van der Waals surface area (Å²) in [5.74, 6) is 1.09. The first kappa shape index (κ1) is 19.5. The van der Waals surface area contributed by atoms with Gasteiger partial charge in [0.05, 0.1) is 12.7 Å². The van der Waals surface area contributed by atoms with E-state index in [1.165, 1.54) is 24.3 Å². The summed E-state index contributed by atoms with van der Waals surface area (Å²) in [6.07, 6.45) is -0.0176. The molecule has 31 heavy (non-hydrogen) atoms. The number of thiocarbonyl (C=S) groups is 1. The number of benzene rings is 3. The van der Waals surface area contributed by atoms with Gasteiger partial charge >= 0.3 is 0 Å². The van der Waals surface area contributed by atoms with E-state index in [0.717, 1.165) is 16.9 Å². The molecule has 2 aliphatic rings. The Hall–Kier alpha value is -3.45. The van der Waals surface area contributed by atoms with E-state index in [-0.39, 0.29) is 11.6 Å². The molecular weight excluding hydrogens is 418 g/mol. The highest BCUT2D eigenvalue weighted by Crippen LogP contribution is 2.41. The number of nitrogens with zero attached hydrogens (tertiary/aromatic N) is 1. The summed E-state index contributed by atoms with van der Waals surface area (Å²) in [4.78, 5) is 2.39. The molecule has 0 radical (unpaired) electrons. The lowest BCUT2D eigenvalue weighted by atomic mass is 9.98. The van der Waals surface area contributed by atoms with Crippen molar-refractivity contribution in [1.82, 2.24) is 5.32 Å². The third-order valence-corrected chi connectivity index (χ3v) is 5.76. The first-order valence-electron chi connectivity index (χ1n) is 9.72. The van der Waals surface area contributed by atoms with Crippen LogP contribution in [-0.4, -0.2) is 12.1 Å². The molecule has 5 rings (SSSR count). The number of methoxy groups -OCH3 is 1. The number of rotatable bonds is 3. The molecule has 1 atom stereocenters. The molecule has 2 aliphatic heterocycles. The van der Waals surface area contributed by atoms with Gasteiger partial charge in [-0.2, -0.15) is 0 Å². The van der Waals surface area contributed by atoms with Crippen LogP contribution in [0.2, 0.25) is 0 Å². The highest BCUT2D eigenvalue weighted by atomic mass is 32.1. The Balaban J connectivity index is 1.65. The van der Waals surface area contributed by atoms with Crippen LogP contribution < -0.4 is 19.7 Å². The van der Waals surface area contributed by atoms with Gasteiger partial charge in [-0.05, 0) is 54.1 Å². The van der Waals surface area contributed by atoms with Crippen LogP contribution in [-0.2, 0) is 6.42 Å². The Bertz CT molecular complexity index is 1210. The van der Waals surface area contributed by atoms with Crippen molar-refractivity contribution in [1.29, 1.82) is 0 Å². The molecule has 156 valence electrons. The van der Waals surface area contributed by atoms with E-state index in [4.69, 9.17) is 21.7 Å². The standard InChI is InChI=1S/C24H18F2N2O2S/c1-29-19-8-5-14(6-9-19)22-27-23(31)20-12-15-11-17(26)7-10-21(15)30-24(20)28(22)18-4-2-3-16(25)13-18/h2-11,13,22H,12H2,1H3,(H,27,31)/t22-/m0/s1. The van der Waals surface area contributed by atoms with Crippen molar-refractivity contribution < 1.29 is 18.3 Å². The summed E-state index contributed by atoms with van der Waals surface area (Å²) >= 11 is 5.65. The van der Waals surface area contributed by atoms with Gasteiger partial charge in [0.15, 0.2) is 0 Å². The number of halogens is 2. The van der Waals surface area contributed by atoms with Crippen LogP contribution in [0.4, 0.5) is 14.5 Å². The van der Waals surface area contributed by atoms with Crippen molar-refractivity contribution in [3.8, 4) is 11.5 Å². The van der Waals surface area contributed by atoms with Gasteiger partial charge in [-0.25, -0.2) is 8.78 Å². The summed E-state index contributed by atoms with van der Waals surface area (Å²) in [6.45, 7) is 0.